The maximum Gasteiger partial charge on any atom is 0.158 e. The molecular formula is C17H21NO2. The van der Waals surface area contributed by atoms with E-state index in [2.05, 4.69) is 17.4 Å². The van der Waals surface area contributed by atoms with Crippen molar-refractivity contribution < 1.29 is 9.53 Å². The molecule has 20 heavy (non-hydrogen) atoms. The molecule has 1 N–H and O–H groups in total. The Morgan fingerprint density at radius 2 is 2.05 bits per heavy atom. The molecule has 1 heterocycles. The van der Waals surface area contributed by atoms with Gasteiger partial charge in [-0.25, -0.2) is 0 Å². The Bertz CT molecular complexity index is 489. The highest BCUT2D eigenvalue weighted by atomic mass is 16.5. The zero-order valence-corrected chi connectivity index (χ0v) is 11.7. The molecule has 0 spiro atoms. The maximum atomic E-state index is 11.9. The lowest BCUT2D eigenvalue weighted by molar-refractivity contribution is -0.115. The first kappa shape index (κ1) is 13.4. The van der Waals surface area contributed by atoms with Gasteiger partial charge in [0.05, 0.1) is 6.10 Å². The van der Waals surface area contributed by atoms with Crippen molar-refractivity contribution in [3.05, 3.63) is 47.7 Å². The number of ketones is 1. The molecule has 2 aliphatic rings. The Morgan fingerprint density at radius 1 is 1.20 bits per heavy atom. The normalized spacial score (nSPS) is 26.4. The number of ether oxygens (including phenoxy) is 1. The van der Waals surface area contributed by atoms with Gasteiger partial charge in [0, 0.05) is 31.3 Å². The van der Waals surface area contributed by atoms with E-state index in [1.54, 1.807) is 6.08 Å². The topological polar surface area (TPSA) is 38.3 Å². The molecule has 3 nitrogen and oxygen atoms in total. The Labute approximate surface area is 120 Å². The summed E-state index contributed by atoms with van der Waals surface area (Å²) in [6.07, 6.45) is 5.89. The second-order valence-electron chi connectivity index (χ2n) is 5.67. The molecule has 0 saturated carbocycles. The molecule has 0 radical (unpaired) electrons. The van der Waals surface area contributed by atoms with Crippen molar-refractivity contribution in [1.29, 1.82) is 0 Å². The second-order valence-corrected chi connectivity index (χ2v) is 5.67. The molecule has 2 atom stereocenters. The summed E-state index contributed by atoms with van der Waals surface area (Å²) in [6, 6.07) is 10.3. The molecule has 0 bridgehead atoms. The van der Waals surface area contributed by atoms with Gasteiger partial charge in [0.1, 0.15) is 0 Å². The fourth-order valence-corrected chi connectivity index (χ4v) is 3.03. The van der Waals surface area contributed by atoms with E-state index in [4.69, 9.17) is 4.74 Å². The van der Waals surface area contributed by atoms with Gasteiger partial charge >= 0.3 is 0 Å². The molecule has 1 aliphatic heterocycles. The van der Waals surface area contributed by atoms with E-state index in [1.165, 1.54) is 5.56 Å². The fraction of sp³-hybridized carbons (Fsp3) is 0.471. The van der Waals surface area contributed by atoms with Crippen LogP contribution in [0.3, 0.4) is 0 Å². The maximum absolute atomic E-state index is 11.9. The summed E-state index contributed by atoms with van der Waals surface area (Å²) in [5.41, 5.74) is 2.32. The van der Waals surface area contributed by atoms with Gasteiger partial charge in [-0.15, -0.1) is 0 Å². The summed E-state index contributed by atoms with van der Waals surface area (Å²) in [6.45, 7) is 1.69. The van der Waals surface area contributed by atoms with Crippen LogP contribution in [-0.2, 0) is 9.53 Å². The zero-order chi connectivity index (χ0) is 13.8. The predicted octanol–water partition coefficient (Wildman–Crippen LogP) is 2.79. The highest BCUT2D eigenvalue weighted by Gasteiger charge is 2.23. The van der Waals surface area contributed by atoms with E-state index in [-0.39, 0.29) is 5.78 Å². The average Bonchev–Trinajstić information content (AvgIpc) is 2.99. The number of carbonyl (C=O) groups is 1. The van der Waals surface area contributed by atoms with Crippen LogP contribution in [0.25, 0.3) is 0 Å². The van der Waals surface area contributed by atoms with Crippen LogP contribution in [0.2, 0.25) is 0 Å². The largest absolute Gasteiger partial charge is 0.386 e. The molecule has 1 aromatic carbocycles. The van der Waals surface area contributed by atoms with Gasteiger partial charge in [-0.2, -0.15) is 0 Å². The van der Waals surface area contributed by atoms with Crippen LogP contribution >= 0.6 is 0 Å². The van der Waals surface area contributed by atoms with E-state index >= 15 is 0 Å². The zero-order valence-electron chi connectivity index (χ0n) is 11.7. The third kappa shape index (κ3) is 3.28. The first-order chi connectivity index (χ1) is 9.81. The van der Waals surface area contributed by atoms with Crippen molar-refractivity contribution in [1.82, 2.24) is 5.32 Å². The van der Waals surface area contributed by atoms with E-state index < -0.39 is 0 Å². The predicted molar refractivity (Wildman–Crippen MR) is 78.5 cm³/mol. The molecule has 106 valence electrons. The first-order valence-corrected chi connectivity index (χ1v) is 7.45. The molecule has 0 amide bonds. The summed E-state index contributed by atoms with van der Waals surface area (Å²) in [7, 11) is 0. The van der Waals surface area contributed by atoms with Gasteiger partial charge in [0.15, 0.2) is 5.78 Å². The van der Waals surface area contributed by atoms with Crippen molar-refractivity contribution in [2.24, 2.45) is 0 Å². The minimum Gasteiger partial charge on any atom is -0.386 e. The summed E-state index contributed by atoms with van der Waals surface area (Å²) in [4.78, 5) is 11.9. The summed E-state index contributed by atoms with van der Waals surface area (Å²) in [5.74, 6) is 0.528. The van der Waals surface area contributed by atoms with Gasteiger partial charge in [-0.05, 0) is 30.7 Å². The smallest absolute Gasteiger partial charge is 0.158 e. The molecule has 3 heteroatoms. The van der Waals surface area contributed by atoms with Crippen LogP contribution in [0.15, 0.2) is 42.1 Å². The summed E-state index contributed by atoms with van der Waals surface area (Å²) >= 11 is 0. The number of allylic oxidation sites excluding steroid dienone is 2. The number of benzene rings is 1. The third-order valence-corrected chi connectivity index (χ3v) is 4.10. The van der Waals surface area contributed by atoms with Crippen LogP contribution in [0.1, 0.15) is 37.2 Å². The van der Waals surface area contributed by atoms with Crippen molar-refractivity contribution in [3.8, 4) is 0 Å². The number of rotatable bonds is 4. The van der Waals surface area contributed by atoms with Crippen LogP contribution < -0.4 is 5.32 Å². The van der Waals surface area contributed by atoms with Crippen molar-refractivity contribution in [3.63, 3.8) is 0 Å². The highest BCUT2D eigenvalue weighted by Crippen LogP contribution is 2.30. The van der Waals surface area contributed by atoms with E-state index in [0.29, 0.717) is 18.4 Å². The van der Waals surface area contributed by atoms with Gasteiger partial charge in [0.25, 0.3) is 0 Å². The molecule has 1 saturated heterocycles. The molecule has 0 unspecified atom stereocenters. The summed E-state index contributed by atoms with van der Waals surface area (Å²) in [5, 5.41) is 3.41. The lowest BCUT2D eigenvalue weighted by atomic mass is 9.85. The lowest BCUT2D eigenvalue weighted by Crippen LogP contribution is -2.29. The van der Waals surface area contributed by atoms with Crippen LogP contribution in [0.4, 0.5) is 0 Å². The molecule has 1 aliphatic carbocycles. The second kappa shape index (κ2) is 6.23. The van der Waals surface area contributed by atoms with Crippen LogP contribution in [0.5, 0.6) is 0 Å². The average molecular weight is 271 g/mol. The van der Waals surface area contributed by atoms with Gasteiger partial charge in [0.2, 0.25) is 0 Å². The number of nitrogens with one attached hydrogen (secondary N) is 1. The highest BCUT2D eigenvalue weighted by molar-refractivity contribution is 5.91. The minimum absolute atomic E-state index is 0.222. The SMILES string of the molecule is O=C1C=C(NC[C@@H]2CCCO2)C[C@H](c2ccccc2)C1. The van der Waals surface area contributed by atoms with Gasteiger partial charge < -0.3 is 10.1 Å². The third-order valence-electron chi connectivity index (χ3n) is 4.10. The molecule has 0 aromatic heterocycles. The van der Waals surface area contributed by atoms with Gasteiger partial charge in [-0.3, -0.25) is 4.79 Å². The summed E-state index contributed by atoms with van der Waals surface area (Å²) < 4.78 is 5.61. The van der Waals surface area contributed by atoms with Gasteiger partial charge in [-0.1, -0.05) is 30.3 Å². The molecule has 1 aromatic rings. The quantitative estimate of drug-likeness (QED) is 0.915. The van der Waals surface area contributed by atoms with Crippen molar-refractivity contribution in [2.45, 2.75) is 37.7 Å². The first-order valence-electron chi connectivity index (χ1n) is 7.45. The Morgan fingerprint density at radius 3 is 2.80 bits per heavy atom. The number of hydrogen-bond donors (Lipinski definition) is 1. The van der Waals surface area contributed by atoms with E-state index in [1.807, 2.05) is 18.2 Å². The minimum atomic E-state index is 0.222. The molecular weight excluding hydrogens is 250 g/mol. The molecule has 1 fully saturated rings. The molecule has 3 rings (SSSR count). The monoisotopic (exact) mass is 271 g/mol. The van der Waals surface area contributed by atoms with Crippen molar-refractivity contribution in [2.75, 3.05) is 13.2 Å². The number of carbonyl (C=O) groups excluding carboxylic acids is 1. The Kier molecular flexibility index (Phi) is 4.16. The lowest BCUT2D eigenvalue weighted by Gasteiger charge is -2.24. The Hall–Kier alpha value is -1.61. The van der Waals surface area contributed by atoms with E-state index in [9.17, 15) is 4.79 Å². The standard InChI is InChI=1S/C17H21NO2/c19-16-10-14(13-5-2-1-3-6-13)9-15(11-16)18-12-17-7-4-8-20-17/h1-3,5-6,11,14,17-18H,4,7-10,12H2/t14-,17-/m0/s1. The van der Waals surface area contributed by atoms with Crippen molar-refractivity contribution >= 4 is 5.78 Å². The number of hydrogen-bond acceptors (Lipinski definition) is 3. The van der Waals surface area contributed by atoms with E-state index in [0.717, 1.165) is 38.1 Å². The van der Waals surface area contributed by atoms with Crippen LogP contribution in [0, 0.1) is 0 Å². The van der Waals surface area contributed by atoms with Crippen LogP contribution in [-0.4, -0.2) is 25.0 Å². The fourth-order valence-electron chi connectivity index (χ4n) is 3.03. The Balaban J connectivity index is 1.61.